The van der Waals surface area contributed by atoms with Crippen LogP contribution in [0.5, 0.6) is 0 Å². The van der Waals surface area contributed by atoms with Crippen LogP contribution in [0.1, 0.15) is 40.0 Å². The van der Waals surface area contributed by atoms with E-state index in [1.165, 1.54) is 44.5 Å². The van der Waals surface area contributed by atoms with Gasteiger partial charge in [-0.2, -0.15) is 0 Å². The van der Waals surface area contributed by atoms with E-state index in [-0.39, 0.29) is 0 Å². The second kappa shape index (κ2) is 5.33. The molecule has 2 rings (SSSR count). The number of nitrogens with zero attached hydrogens (tertiary/aromatic N) is 2. The molecule has 2 saturated heterocycles. The Morgan fingerprint density at radius 2 is 2.12 bits per heavy atom. The average molecular weight is 222 g/mol. The number of hydrogen-bond acceptors (Lipinski definition) is 2. The van der Waals surface area contributed by atoms with Crippen LogP contribution in [0.25, 0.3) is 0 Å². The van der Waals surface area contributed by atoms with Crippen LogP contribution in [0.15, 0.2) is 11.6 Å². The van der Waals surface area contributed by atoms with Crippen molar-refractivity contribution in [2.45, 2.75) is 52.1 Å². The van der Waals surface area contributed by atoms with E-state index in [9.17, 15) is 0 Å². The Morgan fingerprint density at radius 1 is 1.31 bits per heavy atom. The highest BCUT2D eigenvalue weighted by atomic mass is 15.3. The van der Waals surface area contributed by atoms with Gasteiger partial charge in [-0.25, -0.2) is 0 Å². The minimum atomic E-state index is 0.782. The van der Waals surface area contributed by atoms with Crippen LogP contribution in [-0.4, -0.2) is 48.1 Å². The van der Waals surface area contributed by atoms with Gasteiger partial charge in [-0.1, -0.05) is 18.6 Å². The minimum absolute atomic E-state index is 0.782. The fourth-order valence-electron chi connectivity index (χ4n) is 3.06. The number of rotatable bonds is 3. The standard InChI is InChI=1S/C14H26N2/c1-4-13-10-15-8-5-6-14(15)11-16(13)9-7-12(2)3/h7,13-14H,4-6,8-11H2,1-3H3. The van der Waals surface area contributed by atoms with E-state index < -0.39 is 0 Å². The number of fused-ring (bicyclic) bond motifs is 1. The predicted octanol–water partition coefficient (Wildman–Crippen LogP) is 2.51. The molecule has 0 aromatic rings. The Labute approximate surface area is 100 Å². The van der Waals surface area contributed by atoms with Crippen LogP contribution in [0.2, 0.25) is 0 Å². The van der Waals surface area contributed by atoms with Gasteiger partial charge in [0, 0.05) is 31.7 Å². The van der Waals surface area contributed by atoms with Gasteiger partial charge in [0.15, 0.2) is 0 Å². The zero-order valence-corrected chi connectivity index (χ0v) is 11.1. The number of piperazine rings is 1. The summed E-state index contributed by atoms with van der Waals surface area (Å²) in [6.07, 6.45) is 6.51. The van der Waals surface area contributed by atoms with Gasteiger partial charge >= 0.3 is 0 Å². The molecule has 2 unspecified atom stereocenters. The maximum absolute atomic E-state index is 2.72. The molecule has 16 heavy (non-hydrogen) atoms. The molecule has 0 N–H and O–H groups in total. The fourth-order valence-corrected chi connectivity index (χ4v) is 3.06. The first-order chi connectivity index (χ1) is 7.70. The number of allylic oxidation sites excluding steroid dienone is 1. The highest BCUT2D eigenvalue weighted by Gasteiger charge is 2.34. The van der Waals surface area contributed by atoms with E-state index in [4.69, 9.17) is 0 Å². The summed E-state index contributed by atoms with van der Waals surface area (Å²) in [5.41, 5.74) is 1.45. The van der Waals surface area contributed by atoms with Crippen molar-refractivity contribution in [1.82, 2.24) is 9.80 Å². The second-order valence-corrected chi connectivity index (χ2v) is 5.59. The van der Waals surface area contributed by atoms with Gasteiger partial charge < -0.3 is 0 Å². The third-order valence-corrected chi connectivity index (χ3v) is 4.11. The molecule has 0 aromatic carbocycles. The van der Waals surface area contributed by atoms with Crippen molar-refractivity contribution in [1.29, 1.82) is 0 Å². The average Bonchev–Trinajstić information content (AvgIpc) is 2.71. The van der Waals surface area contributed by atoms with Gasteiger partial charge in [0.1, 0.15) is 0 Å². The molecular weight excluding hydrogens is 196 g/mol. The summed E-state index contributed by atoms with van der Waals surface area (Å²) in [6.45, 7) is 11.8. The number of hydrogen-bond donors (Lipinski definition) is 0. The van der Waals surface area contributed by atoms with Crippen molar-refractivity contribution in [3.8, 4) is 0 Å². The zero-order valence-electron chi connectivity index (χ0n) is 11.1. The normalized spacial score (nSPS) is 31.4. The summed E-state index contributed by atoms with van der Waals surface area (Å²) in [7, 11) is 0. The molecule has 2 heterocycles. The molecule has 2 atom stereocenters. The monoisotopic (exact) mass is 222 g/mol. The van der Waals surface area contributed by atoms with Gasteiger partial charge in [-0.05, 0) is 39.7 Å². The fraction of sp³-hybridized carbons (Fsp3) is 0.857. The lowest BCUT2D eigenvalue weighted by Gasteiger charge is -2.43. The lowest BCUT2D eigenvalue weighted by atomic mass is 10.0. The molecular formula is C14H26N2. The first kappa shape index (κ1) is 12.1. The smallest absolute Gasteiger partial charge is 0.0224 e. The summed E-state index contributed by atoms with van der Waals surface area (Å²) in [4.78, 5) is 5.41. The Kier molecular flexibility index (Phi) is 4.04. The minimum Gasteiger partial charge on any atom is -0.298 e. The highest BCUT2D eigenvalue weighted by molar-refractivity contribution is 4.99. The van der Waals surface area contributed by atoms with E-state index in [1.807, 2.05) is 0 Å². The van der Waals surface area contributed by atoms with Crippen LogP contribution >= 0.6 is 0 Å². The van der Waals surface area contributed by atoms with Crippen LogP contribution in [0, 0.1) is 0 Å². The molecule has 0 bridgehead atoms. The van der Waals surface area contributed by atoms with E-state index in [1.54, 1.807) is 0 Å². The van der Waals surface area contributed by atoms with E-state index in [2.05, 4.69) is 36.6 Å². The van der Waals surface area contributed by atoms with Crippen molar-refractivity contribution in [2.75, 3.05) is 26.2 Å². The molecule has 2 nitrogen and oxygen atoms in total. The van der Waals surface area contributed by atoms with Crippen molar-refractivity contribution in [3.63, 3.8) is 0 Å². The maximum Gasteiger partial charge on any atom is 0.0224 e. The summed E-state index contributed by atoms with van der Waals surface area (Å²) in [6, 6.07) is 1.64. The van der Waals surface area contributed by atoms with Crippen LogP contribution < -0.4 is 0 Å². The molecule has 2 aliphatic rings. The van der Waals surface area contributed by atoms with Crippen molar-refractivity contribution < 1.29 is 0 Å². The molecule has 2 aliphatic heterocycles. The molecule has 2 fully saturated rings. The summed E-state index contributed by atoms with van der Waals surface area (Å²) in [5.74, 6) is 0. The third-order valence-electron chi connectivity index (χ3n) is 4.11. The quantitative estimate of drug-likeness (QED) is 0.677. The first-order valence-electron chi connectivity index (χ1n) is 6.82. The Hall–Kier alpha value is -0.340. The van der Waals surface area contributed by atoms with E-state index in [0.29, 0.717) is 0 Å². The largest absolute Gasteiger partial charge is 0.298 e. The van der Waals surface area contributed by atoms with Crippen LogP contribution in [0.4, 0.5) is 0 Å². The van der Waals surface area contributed by atoms with Crippen molar-refractivity contribution in [3.05, 3.63) is 11.6 Å². The Balaban J connectivity index is 1.96. The second-order valence-electron chi connectivity index (χ2n) is 5.59. The Bertz CT molecular complexity index is 255. The summed E-state index contributed by atoms with van der Waals surface area (Å²) < 4.78 is 0. The predicted molar refractivity (Wildman–Crippen MR) is 69.7 cm³/mol. The van der Waals surface area contributed by atoms with Crippen LogP contribution in [0.3, 0.4) is 0 Å². The Morgan fingerprint density at radius 3 is 2.81 bits per heavy atom. The summed E-state index contributed by atoms with van der Waals surface area (Å²) >= 11 is 0. The van der Waals surface area contributed by atoms with Crippen molar-refractivity contribution in [2.24, 2.45) is 0 Å². The lowest BCUT2D eigenvalue weighted by Crippen LogP contribution is -2.55. The maximum atomic E-state index is 2.72. The van der Waals surface area contributed by atoms with Gasteiger partial charge in [0.25, 0.3) is 0 Å². The van der Waals surface area contributed by atoms with E-state index >= 15 is 0 Å². The first-order valence-corrected chi connectivity index (χ1v) is 6.82. The van der Waals surface area contributed by atoms with Crippen LogP contribution in [-0.2, 0) is 0 Å². The highest BCUT2D eigenvalue weighted by Crippen LogP contribution is 2.25. The SMILES string of the molecule is CCC1CN2CCCC2CN1CC=C(C)C. The molecule has 0 aromatic heterocycles. The molecule has 0 radical (unpaired) electrons. The van der Waals surface area contributed by atoms with E-state index in [0.717, 1.165) is 18.6 Å². The molecule has 0 amide bonds. The molecule has 0 spiro atoms. The topological polar surface area (TPSA) is 6.48 Å². The molecule has 0 saturated carbocycles. The molecule has 2 heteroatoms. The van der Waals surface area contributed by atoms with Gasteiger partial charge in [-0.3, -0.25) is 9.80 Å². The van der Waals surface area contributed by atoms with Crippen molar-refractivity contribution >= 4 is 0 Å². The third kappa shape index (κ3) is 2.67. The molecule has 92 valence electrons. The van der Waals surface area contributed by atoms with Gasteiger partial charge in [0.05, 0.1) is 0 Å². The zero-order chi connectivity index (χ0) is 11.5. The van der Waals surface area contributed by atoms with Gasteiger partial charge in [0.2, 0.25) is 0 Å². The summed E-state index contributed by atoms with van der Waals surface area (Å²) in [5, 5.41) is 0. The van der Waals surface area contributed by atoms with Gasteiger partial charge in [-0.15, -0.1) is 0 Å². The lowest BCUT2D eigenvalue weighted by molar-refractivity contribution is 0.0578. The molecule has 0 aliphatic carbocycles.